The highest BCUT2D eigenvalue weighted by molar-refractivity contribution is 5.80. The Kier molecular flexibility index (Phi) is 4.54. The van der Waals surface area contributed by atoms with Gasteiger partial charge >= 0.3 is 0 Å². The molecule has 21 heavy (non-hydrogen) atoms. The van der Waals surface area contributed by atoms with E-state index in [1.54, 1.807) is 6.20 Å². The molecular formula is C17H25N3O. The van der Waals surface area contributed by atoms with Crippen molar-refractivity contribution in [1.29, 1.82) is 0 Å². The average molecular weight is 287 g/mol. The zero-order valence-electron chi connectivity index (χ0n) is 12.6. The summed E-state index contributed by atoms with van der Waals surface area (Å²) in [6.45, 7) is 1.29. The zero-order chi connectivity index (χ0) is 14.7. The molecule has 0 saturated heterocycles. The predicted octanol–water partition coefficient (Wildman–Crippen LogP) is 2.34. The third-order valence-corrected chi connectivity index (χ3v) is 4.86. The van der Waals surface area contributed by atoms with Crippen LogP contribution in [0.3, 0.4) is 0 Å². The second kappa shape index (κ2) is 6.56. The van der Waals surface area contributed by atoms with E-state index in [1.807, 2.05) is 18.2 Å². The van der Waals surface area contributed by atoms with Gasteiger partial charge in [0.2, 0.25) is 5.91 Å². The summed E-state index contributed by atoms with van der Waals surface area (Å²) in [5.74, 6) is 0.822. The lowest BCUT2D eigenvalue weighted by molar-refractivity contribution is -0.139. The second-order valence-electron chi connectivity index (χ2n) is 6.41. The maximum absolute atomic E-state index is 13.0. The summed E-state index contributed by atoms with van der Waals surface area (Å²) >= 11 is 0. The molecule has 4 nitrogen and oxygen atoms in total. The van der Waals surface area contributed by atoms with Gasteiger partial charge in [0.15, 0.2) is 0 Å². The molecule has 1 aromatic heterocycles. The first-order chi connectivity index (χ1) is 10.3. The Labute approximate surface area is 126 Å². The molecule has 2 unspecified atom stereocenters. The highest BCUT2D eigenvalue weighted by Crippen LogP contribution is 2.35. The fourth-order valence-corrected chi connectivity index (χ4v) is 3.47. The molecule has 3 rings (SSSR count). The molecule has 0 radical (unpaired) electrons. The molecule has 4 heteroatoms. The molecule has 1 heterocycles. The minimum Gasteiger partial charge on any atom is -0.334 e. The molecule has 2 saturated carbocycles. The van der Waals surface area contributed by atoms with Gasteiger partial charge in [-0.2, -0.15) is 0 Å². The quantitative estimate of drug-likeness (QED) is 0.904. The topological polar surface area (TPSA) is 59.2 Å². The van der Waals surface area contributed by atoms with Crippen molar-refractivity contribution in [2.75, 3.05) is 6.54 Å². The van der Waals surface area contributed by atoms with Crippen LogP contribution in [0.5, 0.6) is 0 Å². The van der Waals surface area contributed by atoms with Gasteiger partial charge in [-0.15, -0.1) is 0 Å². The Morgan fingerprint density at radius 2 is 2.05 bits per heavy atom. The van der Waals surface area contributed by atoms with Crippen molar-refractivity contribution >= 4 is 5.91 Å². The fraction of sp³-hybridized carbons (Fsp3) is 0.647. The molecule has 114 valence electrons. The Morgan fingerprint density at radius 3 is 2.71 bits per heavy atom. The van der Waals surface area contributed by atoms with Gasteiger partial charge in [0.05, 0.1) is 12.2 Å². The van der Waals surface area contributed by atoms with E-state index in [0.29, 0.717) is 31.0 Å². The van der Waals surface area contributed by atoms with Crippen LogP contribution in [0.1, 0.15) is 44.2 Å². The first-order valence-corrected chi connectivity index (χ1v) is 8.20. The summed E-state index contributed by atoms with van der Waals surface area (Å²) in [6.07, 6.45) is 8.57. The molecule has 0 bridgehead atoms. The van der Waals surface area contributed by atoms with Crippen molar-refractivity contribution in [2.45, 2.75) is 51.1 Å². The highest BCUT2D eigenvalue weighted by atomic mass is 16.2. The summed E-state index contributed by atoms with van der Waals surface area (Å²) in [5.41, 5.74) is 6.88. The van der Waals surface area contributed by atoms with Gasteiger partial charge in [-0.25, -0.2) is 0 Å². The van der Waals surface area contributed by atoms with E-state index in [1.165, 1.54) is 6.42 Å². The van der Waals surface area contributed by atoms with Crippen LogP contribution >= 0.6 is 0 Å². The van der Waals surface area contributed by atoms with Crippen LogP contribution in [0.15, 0.2) is 24.4 Å². The number of nitrogens with two attached hydrogens (primary N) is 1. The van der Waals surface area contributed by atoms with E-state index in [2.05, 4.69) is 9.88 Å². The summed E-state index contributed by atoms with van der Waals surface area (Å²) in [4.78, 5) is 19.4. The van der Waals surface area contributed by atoms with Crippen molar-refractivity contribution < 1.29 is 4.79 Å². The third-order valence-electron chi connectivity index (χ3n) is 4.86. The Morgan fingerprint density at radius 1 is 1.24 bits per heavy atom. The smallest absolute Gasteiger partial charge is 0.226 e. The average Bonchev–Trinajstić information content (AvgIpc) is 3.37. The number of rotatable bonds is 5. The van der Waals surface area contributed by atoms with Gasteiger partial charge in [0, 0.05) is 18.2 Å². The van der Waals surface area contributed by atoms with Gasteiger partial charge in [0.25, 0.3) is 0 Å². The standard InChI is InChI=1S/C17H25N3O/c18-11-13-5-1-2-7-16(13)17(21)20(15-8-9-15)12-14-6-3-4-10-19-14/h3-4,6,10,13,15-16H,1-2,5,7-9,11-12,18H2. The Bertz CT molecular complexity index is 472. The van der Waals surface area contributed by atoms with Crippen molar-refractivity contribution in [3.05, 3.63) is 30.1 Å². The number of nitrogens with zero attached hydrogens (tertiary/aromatic N) is 2. The van der Waals surface area contributed by atoms with E-state index in [0.717, 1.165) is 37.8 Å². The SMILES string of the molecule is NCC1CCCCC1C(=O)N(Cc1ccccn1)C1CC1. The third kappa shape index (κ3) is 3.43. The van der Waals surface area contributed by atoms with Crippen molar-refractivity contribution in [3.63, 3.8) is 0 Å². The fourth-order valence-electron chi connectivity index (χ4n) is 3.47. The number of pyridine rings is 1. The number of hydrogen-bond acceptors (Lipinski definition) is 3. The van der Waals surface area contributed by atoms with Gasteiger partial charge in [-0.1, -0.05) is 18.9 Å². The summed E-state index contributed by atoms with van der Waals surface area (Å²) in [7, 11) is 0. The van der Waals surface area contributed by atoms with E-state index in [9.17, 15) is 4.79 Å². The lowest BCUT2D eigenvalue weighted by Crippen LogP contribution is -2.43. The molecule has 0 aliphatic heterocycles. The van der Waals surface area contributed by atoms with Gasteiger partial charge in [0.1, 0.15) is 0 Å². The number of hydrogen-bond donors (Lipinski definition) is 1. The van der Waals surface area contributed by atoms with Crippen LogP contribution in [-0.4, -0.2) is 28.4 Å². The van der Waals surface area contributed by atoms with Crippen LogP contribution in [0.25, 0.3) is 0 Å². The molecule has 2 fully saturated rings. The molecular weight excluding hydrogens is 262 g/mol. The van der Waals surface area contributed by atoms with Crippen LogP contribution < -0.4 is 5.73 Å². The predicted molar refractivity (Wildman–Crippen MR) is 82.3 cm³/mol. The molecule has 2 atom stereocenters. The Hall–Kier alpha value is -1.42. The van der Waals surface area contributed by atoms with Crippen LogP contribution in [0, 0.1) is 11.8 Å². The van der Waals surface area contributed by atoms with E-state index >= 15 is 0 Å². The minimum atomic E-state index is 0.132. The van der Waals surface area contributed by atoms with Crippen LogP contribution in [0.4, 0.5) is 0 Å². The van der Waals surface area contributed by atoms with Gasteiger partial charge in [-0.05, 0) is 50.3 Å². The zero-order valence-corrected chi connectivity index (χ0v) is 12.6. The minimum absolute atomic E-state index is 0.132. The highest BCUT2D eigenvalue weighted by Gasteiger charge is 2.39. The molecule has 0 spiro atoms. The maximum atomic E-state index is 13.0. The molecule has 0 aromatic carbocycles. The largest absolute Gasteiger partial charge is 0.334 e. The molecule has 2 aliphatic carbocycles. The van der Waals surface area contributed by atoms with Crippen molar-refractivity contribution in [1.82, 2.24) is 9.88 Å². The lowest BCUT2D eigenvalue weighted by atomic mass is 9.78. The molecule has 2 aliphatic rings. The number of aromatic nitrogens is 1. The number of carbonyl (C=O) groups is 1. The Balaban J connectivity index is 1.72. The van der Waals surface area contributed by atoms with Crippen molar-refractivity contribution in [3.8, 4) is 0 Å². The van der Waals surface area contributed by atoms with Crippen molar-refractivity contribution in [2.24, 2.45) is 17.6 Å². The maximum Gasteiger partial charge on any atom is 0.226 e. The van der Waals surface area contributed by atoms with Gasteiger partial charge in [-0.3, -0.25) is 9.78 Å². The normalized spacial score (nSPS) is 25.6. The summed E-state index contributed by atoms with van der Waals surface area (Å²) < 4.78 is 0. The first kappa shape index (κ1) is 14.5. The number of amides is 1. The van der Waals surface area contributed by atoms with E-state index < -0.39 is 0 Å². The second-order valence-corrected chi connectivity index (χ2v) is 6.41. The van der Waals surface area contributed by atoms with E-state index in [4.69, 9.17) is 5.73 Å². The molecule has 1 aromatic rings. The molecule has 2 N–H and O–H groups in total. The van der Waals surface area contributed by atoms with E-state index in [-0.39, 0.29) is 5.92 Å². The van der Waals surface area contributed by atoms with Crippen LogP contribution in [-0.2, 0) is 11.3 Å². The molecule has 1 amide bonds. The first-order valence-electron chi connectivity index (χ1n) is 8.20. The summed E-state index contributed by atoms with van der Waals surface area (Å²) in [5, 5.41) is 0. The van der Waals surface area contributed by atoms with Gasteiger partial charge < -0.3 is 10.6 Å². The van der Waals surface area contributed by atoms with Crippen LogP contribution in [0.2, 0.25) is 0 Å². The number of carbonyl (C=O) groups excluding carboxylic acids is 1. The summed E-state index contributed by atoms with van der Waals surface area (Å²) in [6, 6.07) is 6.34. The lowest BCUT2D eigenvalue weighted by Gasteiger charge is -2.34. The monoisotopic (exact) mass is 287 g/mol.